The molecule has 0 aliphatic rings. The van der Waals surface area contributed by atoms with Gasteiger partial charge in [-0.3, -0.25) is 0 Å². The molecule has 4 heteroatoms. The second kappa shape index (κ2) is 6.71. The van der Waals surface area contributed by atoms with E-state index in [0.29, 0.717) is 23.2 Å². The smallest absolute Gasteiger partial charge is 0.336 e. The van der Waals surface area contributed by atoms with Gasteiger partial charge in [0, 0.05) is 10.9 Å². The van der Waals surface area contributed by atoms with Crippen molar-refractivity contribution >= 4 is 16.9 Å². The molecule has 0 saturated heterocycles. The summed E-state index contributed by atoms with van der Waals surface area (Å²) in [5, 5.41) is 10.2. The Balaban J connectivity index is 2.24. The molecule has 0 unspecified atom stereocenters. The number of nitrogens with zero attached hydrogens (tertiary/aromatic N) is 1. The summed E-state index contributed by atoms with van der Waals surface area (Å²) in [5.41, 5.74) is 3.32. The van der Waals surface area contributed by atoms with Gasteiger partial charge in [-0.2, -0.15) is 0 Å². The van der Waals surface area contributed by atoms with Crippen LogP contribution in [0.4, 0.5) is 0 Å². The highest BCUT2D eigenvalue weighted by molar-refractivity contribution is 6.04. The summed E-state index contributed by atoms with van der Waals surface area (Å²) in [6, 6.07) is 14.8. The van der Waals surface area contributed by atoms with E-state index in [9.17, 15) is 9.90 Å². The highest BCUT2D eigenvalue weighted by Gasteiger charge is 2.16. The summed E-state index contributed by atoms with van der Waals surface area (Å²) in [4.78, 5) is 16.4. The van der Waals surface area contributed by atoms with Gasteiger partial charge >= 0.3 is 5.97 Å². The van der Waals surface area contributed by atoms with Crippen molar-refractivity contribution in [1.29, 1.82) is 0 Å². The Bertz CT molecular complexity index is 903. The van der Waals surface area contributed by atoms with Gasteiger partial charge in [0.15, 0.2) is 0 Å². The molecule has 122 valence electrons. The third kappa shape index (κ3) is 2.95. The first kappa shape index (κ1) is 16.0. The standard InChI is InChI=1S/C20H19NO3/c1-3-11-24-18-10-5-4-8-15(18)17-12-16(20(22)23)14-9-6-7-13(2)19(14)21-17/h4-10,12H,3,11H2,1-2H3,(H,22,23). The van der Waals surface area contributed by atoms with Gasteiger partial charge in [0.05, 0.1) is 23.4 Å². The Morgan fingerprint density at radius 1 is 1.17 bits per heavy atom. The quantitative estimate of drug-likeness (QED) is 0.740. The minimum absolute atomic E-state index is 0.254. The van der Waals surface area contributed by atoms with Crippen molar-refractivity contribution in [2.75, 3.05) is 6.61 Å². The Hall–Kier alpha value is -2.88. The van der Waals surface area contributed by atoms with Gasteiger partial charge < -0.3 is 9.84 Å². The summed E-state index contributed by atoms with van der Waals surface area (Å²) in [6.07, 6.45) is 0.902. The number of pyridine rings is 1. The largest absolute Gasteiger partial charge is 0.493 e. The summed E-state index contributed by atoms with van der Waals surface area (Å²) < 4.78 is 5.80. The third-order valence-corrected chi connectivity index (χ3v) is 3.90. The van der Waals surface area contributed by atoms with Gasteiger partial charge in [0.25, 0.3) is 0 Å². The number of hydrogen-bond acceptors (Lipinski definition) is 3. The second-order valence-electron chi connectivity index (χ2n) is 5.68. The monoisotopic (exact) mass is 321 g/mol. The number of carbonyl (C=O) groups is 1. The molecule has 1 aromatic heterocycles. The summed E-state index contributed by atoms with van der Waals surface area (Å²) >= 11 is 0. The number of para-hydroxylation sites is 2. The molecule has 4 nitrogen and oxygen atoms in total. The van der Waals surface area contributed by atoms with Crippen LogP contribution in [0.15, 0.2) is 48.5 Å². The van der Waals surface area contributed by atoms with Crippen LogP contribution in [0.5, 0.6) is 5.75 Å². The fourth-order valence-electron chi connectivity index (χ4n) is 2.72. The maximum atomic E-state index is 11.7. The first-order valence-electron chi connectivity index (χ1n) is 7.97. The van der Waals surface area contributed by atoms with E-state index in [-0.39, 0.29) is 5.56 Å². The van der Waals surface area contributed by atoms with Crippen LogP contribution in [0.3, 0.4) is 0 Å². The molecular formula is C20H19NO3. The van der Waals surface area contributed by atoms with Crippen LogP contribution in [0.1, 0.15) is 29.3 Å². The highest BCUT2D eigenvalue weighted by Crippen LogP contribution is 2.32. The molecule has 0 radical (unpaired) electrons. The number of rotatable bonds is 5. The number of hydrogen-bond donors (Lipinski definition) is 1. The van der Waals surface area contributed by atoms with Crippen molar-refractivity contribution in [1.82, 2.24) is 4.98 Å². The Morgan fingerprint density at radius 2 is 1.96 bits per heavy atom. The van der Waals surface area contributed by atoms with Gasteiger partial charge in [-0.15, -0.1) is 0 Å². The van der Waals surface area contributed by atoms with Crippen molar-refractivity contribution in [2.24, 2.45) is 0 Å². The molecule has 0 aliphatic heterocycles. The van der Waals surface area contributed by atoms with Crippen molar-refractivity contribution in [3.05, 3.63) is 59.7 Å². The van der Waals surface area contributed by atoms with E-state index < -0.39 is 5.97 Å². The predicted octanol–water partition coefficient (Wildman–Crippen LogP) is 4.70. The normalized spacial score (nSPS) is 10.8. The fourth-order valence-corrected chi connectivity index (χ4v) is 2.72. The van der Waals surface area contributed by atoms with Crippen molar-refractivity contribution in [3.8, 4) is 17.0 Å². The van der Waals surface area contributed by atoms with Gasteiger partial charge in [-0.25, -0.2) is 9.78 Å². The molecule has 0 saturated carbocycles. The minimum Gasteiger partial charge on any atom is -0.493 e. The molecule has 3 aromatic rings. The molecule has 0 bridgehead atoms. The third-order valence-electron chi connectivity index (χ3n) is 3.90. The van der Waals surface area contributed by atoms with Crippen molar-refractivity contribution in [2.45, 2.75) is 20.3 Å². The van der Waals surface area contributed by atoms with Crippen LogP contribution in [-0.4, -0.2) is 22.7 Å². The van der Waals surface area contributed by atoms with E-state index in [1.165, 1.54) is 0 Å². The predicted molar refractivity (Wildman–Crippen MR) is 94.7 cm³/mol. The van der Waals surface area contributed by atoms with E-state index in [2.05, 4.69) is 0 Å². The van der Waals surface area contributed by atoms with E-state index in [1.54, 1.807) is 12.1 Å². The lowest BCUT2D eigenvalue weighted by Gasteiger charge is -2.13. The summed E-state index contributed by atoms with van der Waals surface area (Å²) in [5.74, 6) is -0.239. The Labute approximate surface area is 140 Å². The highest BCUT2D eigenvalue weighted by atomic mass is 16.5. The molecule has 0 spiro atoms. The number of aryl methyl sites for hydroxylation is 1. The van der Waals surface area contributed by atoms with Gasteiger partial charge in [0.2, 0.25) is 0 Å². The van der Waals surface area contributed by atoms with E-state index in [4.69, 9.17) is 9.72 Å². The van der Waals surface area contributed by atoms with Gasteiger partial charge in [-0.05, 0) is 37.1 Å². The number of carboxylic acid groups (broad SMARTS) is 1. The van der Waals surface area contributed by atoms with Crippen molar-refractivity contribution in [3.63, 3.8) is 0 Å². The minimum atomic E-state index is -0.957. The number of fused-ring (bicyclic) bond motifs is 1. The van der Waals surface area contributed by atoms with Crippen LogP contribution in [0.2, 0.25) is 0 Å². The lowest BCUT2D eigenvalue weighted by molar-refractivity contribution is 0.0699. The van der Waals surface area contributed by atoms with E-state index in [0.717, 1.165) is 23.3 Å². The second-order valence-corrected chi connectivity index (χ2v) is 5.68. The molecule has 3 rings (SSSR count). The van der Waals surface area contributed by atoms with Crippen LogP contribution in [0.25, 0.3) is 22.2 Å². The first-order valence-corrected chi connectivity index (χ1v) is 7.97. The lowest BCUT2D eigenvalue weighted by atomic mass is 10.0. The summed E-state index contributed by atoms with van der Waals surface area (Å²) in [7, 11) is 0. The molecule has 1 N–H and O–H groups in total. The molecule has 0 fully saturated rings. The van der Waals surface area contributed by atoms with Crippen LogP contribution >= 0.6 is 0 Å². The van der Waals surface area contributed by atoms with Gasteiger partial charge in [-0.1, -0.05) is 37.3 Å². The lowest BCUT2D eigenvalue weighted by Crippen LogP contribution is -2.02. The molecule has 1 heterocycles. The van der Waals surface area contributed by atoms with E-state index >= 15 is 0 Å². The molecule has 0 aliphatic carbocycles. The molecule has 24 heavy (non-hydrogen) atoms. The number of aromatic carboxylic acids is 1. The molecule has 2 aromatic carbocycles. The maximum absolute atomic E-state index is 11.7. The SMILES string of the molecule is CCCOc1ccccc1-c1cc(C(=O)O)c2cccc(C)c2n1. The van der Waals surface area contributed by atoms with Crippen LogP contribution < -0.4 is 4.74 Å². The number of benzene rings is 2. The molecular weight excluding hydrogens is 302 g/mol. The van der Waals surface area contributed by atoms with Crippen molar-refractivity contribution < 1.29 is 14.6 Å². The number of carboxylic acids is 1. The fraction of sp³-hybridized carbons (Fsp3) is 0.200. The summed E-state index contributed by atoms with van der Waals surface area (Å²) in [6.45, 7) is 4.59. The average molecular weight is 321 g/mol. The number of ether oxygens (including phenoxy) is 1. The zero-order chi connectivity index (χ0) is 17.1. The maximum Gasteiger partial charge on any atom is 0.336 e. The molecule has 0 atom stereocenters. The number of aromatic nitrogens is 1. The zero-order valence-corrected chi connectivity index (χ0v) is 13.7. The topological polar surface area (TPSA) is 59.4 Å². The van der Waals surface area contributed by atoms with E-state index in [1.807, 2.05) is 50.2 Å². The first-order chi connectivity index (χ1) is 11.6. The Morgan fingerprint density at radius 3 is 2.71 bits per heavy atom. The molecule has 0 amide bonds. The average Bonchev–Trinajstić information content (AvgIpc) is 2.59. The zero-order valence-electron chi connectivity index (χ0n) is 13.7. The van der Waals surface area contributed by atoms with Gasteiger partial charge in [0.1, 0.15) is 5.75 Å². The van der Waals surface area contributed by atoms with Crippen LogP contribution in [0, 0.1) is 6.92 Å². The Kier molecular flexibility index (Phi) is 4.47. The van der Waals surface area contributed by atoms with Crippen LogP contribution in [-0.2, 0) is 0 Å².